The molecule has 1 saturated heterocycles. The summed E-state index contributed by atoms with van der Waals surface area (Å²) < 4.78 is 12.9. The minimum absolute atomic E-state index is 0.0150. The van der Waals surface area contributed by atoms with E-state index in [9.17, 15) is 14.0 Å². The molecule has 2 aromatic rings. The Morgan fingerprint density at radius 1 is 1.12 bits per heavy atom. The SMILES string of the molecule is Cc1cccc(NC(=O)C2CCN(C(=O)Cc3ccc(F)cc3)CC2)c1. The zero-order valence-electron chi connectivity index (χ0n) is 14.9. The van der Waals surface area contributed by atoms with Crippen LogP contribution < -0.4 is 5.32 Å². The number of halogens is 1. The molecule has 1 aliphatic heterocycles. The second-order valence-electron chi connectivity index (χ2n) is 6.82. The number of nitrogens with zero attached hydrogens (tertiary/aromatic N) is 1. The Labute approximate surface area is 153 Å². The summed E-state index contributed by atoms with van der Waals surface area (Å²) in [6.45, 7) is 3.14. The fourth-order valence-corrected chi connectivity index (χ4v) is 3.25. The van der Waals surface area contributed by atoms with Gasteiger partial charge in [0.1, 0.15) is 5.82 Å². The lowest BCUT2D eigenvalue weighted by Crippen LogP contribution is -2.42. The van der Waals surface area contributed by atoms with Gasteiger partial charge in [-0.1, -0.05) is 24.3 Å². The monoisotopic (exact) mass is 354 g/mol. The van der Waals surface area contributed by atoms with Crippen molar-refractivity contribution in [3.8, 4) is 0 Å². The predicted octanol–water partition coefficient (Wildman–Crippen LogP) is 3.55. The van der Waals surface area contributed by atoms with Crippen molar-refractivity contribution in [2.75, 3.05) is 18.4 Å². The van der Waals surface area contributed by atoms with Gasteiger partial charge in [0.15, 0.2) is 0 Å². The number of rotatable bonds is 4. The van der Waals surface area contributed by atoms with E-state index in [0.29, 0.717) is 25.9 Å². The number of benzene rings is 2. The van der Waals surface area contributed by atoms with Crippen molar-refractivity contribution in [1.29, 1.82) is 0 Å². The fraction of sp³-hybridized carbons (Fsp3) is 0.333. The van der Waals surface area contributed by atoms with Crippen LogP contribution in [0.1, 0.15) is 24.0 Å². The first kappa shape index (κ1) is 18.1. The number of carbonyl (C=O) groups is 2. The lowest BCUT2D eigenvalue weighted by Gasteiger charge is -2.31. The Kier molecular flexibility index (Phi) is 5.66. The van der Waals surface area contributed by atoms with Crippen LogP contribution in [0.4, 0.5) is 10.1 Å². The standard InChI is InChI=1S/C21H23FN2O2/c1-15-3-2-4-19(13-15)23-21(26)17-9-11-24(12-10-17)20(25)14-16-5-7-18(22)8-6-16/h2-8,13,17H,9-12,14H2,1H3,(H,23,26). The first-order chi connectivity index (χ1) is 12.5. The minimum atomic E-state index is -0.304. The zero-order valence-corrected chi connectivity index (χ0v) is 14.9. The van der Waals surface area contributed by atoms with E-state index >= 15 is 0 Å². The maximum Gasteiger partial charge on any atom is 0.227 e. The van der Waals surface area contributed by atoms with Crippen LogP contribution in [0.3, 0.4) is 0 Å². The van der Waals surface area contributed by atoms with E-state index in [4.69, 9.17) is 0 Å². The summed E-state index contributed by atoms with van der Waals surface area (Å²) in [5.74, 6) is -0.345. The summed E-state index contributed by atoms with van der Waals surface area (Å²) in [4.78, 5) is 26.6. The Morgan fingerprint density at radius 3 is 2.46 bits per heavy atom. The van der Waals surface area contributed by atoms with Crippen LogP contribution in [-0.4, -0.2) is 29.8 Å². The fourth-order valence-electron chi connectivity index (χ4n) is 3.25. The number of likely N-dealkylation sites (tertiary alicyclic amines) is 1. The van der Waals surface area contributed by atoms with E-state index in [1.807, 2.05) is 31.2 Å². The lowest BCUT2D eigenvalue weighted by molar-refractivity contribution is -0.133. The summed E-state index contributed by atoms with van der Waals surface area (Å²) in [5.41, 5.74) is 2.71. The van der Waals surface area contributed by atoms with E-state index in [0.717, 1.165) is 16.8 Å². The van der Waals surface area contributed by atoms with Crippen LogP contribution in [0.2, 0.25) is 0 Å². The maximum absolute atomic E-state index is 12.9. The largest absolute Gasteiger partial charge is 0.342 e. The normalized spacial score (nSPS) is 14.9. The molecule has 1 fully saturated rings. The van der Waals surface area contributed by atoms with Gasteiger partial charge in [-0.05, 0) is 55.2 Å². The molecule has 0 unspecified atom stereocenters. The molecule has 4 nitrogen and oxygen atoms in total. The van der Waals surface area contributed by atoms with Gasteiger partial charge in [0.05, 0.1) is 6.42 Å². The molecule has 2 amide bonds. The number of nitrogens with one attached hydrogen (secondary N) is 1. The number of hydrogen-bond donors (Lipinski definition) is 1. The number of hydrogen-bond acceptors (Lipinski definition) is 2. The topological polar surface area (TPSA) is 49.4 Å². The van der Waals surface area contributed by atoms with E-state index in [1.165, 1.54) is 12.1 Å². The number of amides is 2. The number of aryl methyl sites for hydroxylation is 1. The van der Waals surface area contributed by atoms with Crippen molar-refractivity contribution in [1.82, 2.24) is 4.90 Å². The third-order valence-electron chi connectivity index (χ3n) is 4.77. The summed E-state index contributed by atoms with van der Waals surface area (Å²) in [6, 6.07) is 13.7. The van der Waals surface area contributed by atoms with E-state index in [2.05, 4.69) is 5.32 Å². The molecule has 136 valence electrons. The van der Waals surface area contributed by atoms with Crippen LogP contribution in [0.5, 0.6) is 0 Å². The first-order valence-electron chi connectivity index (χ1n) is 8.91. The molecule has 0 saturated carbocycles. The van der Waals surface area contributed by atoms with Crippen molar-refractivity contribution in [3.05, 3.63) is 65.5 Å². The number of anilines is 1. The van der Waals surface area contributed by atoms with E-state index in [1.54, 1.807) is 17.0 Å². The van der Waals surface area contributed by atoms with Crippen molar-refractivity contribution in [2.45, 2.75) is 26.2 Å². The average Bonchev–Trinajstić information content (AvgIpc) is 2.64. The van der Waals surface area contributed by atoms with Gasteiger partial charge in [-0.25, -0.2) is 4.39 Å². The molecule has 0 spiro atoms. The summed E-state index contributed by atoms with van der Waals surface area (Å²) in [6.07, 6.45) is 1.58. The molecule has 0 bridgehead atoms. The van der Waals surface area contributed by atoms with Crippen LogP contribution in [0.15, 0.2) is 48.5 Å². The molecule has 0 aliphatic carbocycles. The van der Waals surface area contributed by atoms with Gasteiger partial charge in [0.2, 0.25) is 11.8 Å². The highest BCUT2D eigenvalue weighted by Gasteiger charge is 2.27. The van der Waals surface area contributed by atoms with E-state index < -0.39 is 0 Å². The molecule has 0 atom stereocenters. The quantitative estimate of drug-likeness (QED) is 0.913. The Morgan fingerprint density at radius 2 is 1.81 bits per heavy atom. The second kappa shape index (κ2) is 8.13. The molecule has 26 heavy (non-hydrogen) atoms. The third kappa shape index (κ3) is 4.69. The van der Waals surface area contributed by atoms with Gasteiger partial charge >= 0.3 is 0 Å². The van der Waals surface area contributed by atoms with E-state index in [-0.39, 0.29) is 30.0 Å². The summed E-state index contributed by atoms with van der Waals surface area (Å²) in [5, 5.41) is 2.96. The second-order valence-corrected chi connectivity index (χ2v) is 6.82. The highest BCUT2D eigenvalue weighted by atomic mass is 19.1. The Hall–Kier alpha value is -2.69. The Balaban J connectivity index is 1.49. The van der Waals surface area contributed by atoms with Gasteiger partial charge in [-0.15, -0.1) is 0 Å². The molecule has 0 aromatic heterocycles. The number of carbonyl (C=O) groups excluding carboxylic acids is 2. The molecule has 2 aromatic carbocycles. The zero-order chi connectivity index (χ0) is 18.5. The smallest absolute Gasteiger partial charge is 0.227 e. The summed E-state index contributed by atoms with van der Waals surface area (Å²) in [7, 11) is 0. The predicted molar refractivity (Wildman–Crippen MR) is 99.2 cm³/mol. The third-order valence-corrected chi connectivity index (χ3v) is 4.77. The van der Waals surface area contributed by atoms with Gasteiger partial charge in [0.25, 0.3) is 0 Å². The molecule has 3 rings (SSSR count). The van der Waals surface area contributed by atoms with Crippen LogP contribution in [0, 0.1) is 18.7 Å². The molecule has 5 heteroatoms. The summed E-state index contributed by atoms with van der Waals surface area (Å²) >= 11 is 0. The van der Waals surface area contributed by atoms with Crippen molar-refractivity contribution < 1.29 is 14.0 Å². The van der Waals surface area contributed by atoms with Crippen LogP contribution in [0.25, 0.3) is 0 Å². The lowest BCUT2D eigenvalue weighted by atomic mass is 9.95. The molecule has 0 radical (unpaired) electrons. The van der Waals surface area contributed by atoms with Crippen molar-refractivity contribution in [2.24, 2.45) is 5.92 Å². The molecule has 1 heterocycles. The molecule has 1 N–H and O–H groups in total. The van der Waals surface area contributed by atoms with Gasteiger partial charge in [-0.3, -0.25) is 9.59 Å². The van der Waals surface area contributed by atoms with Crippen LogP contribution in [-0.2, 0) is 16.0 Å². The minimum Gasteiger partial charge on any atom is -0.342 e. The van der Waals surface area contributed by atoms with Crippen LogP contribution >= 0.6 is 0 Å². The van der Waals surface area contributed by atoms with Gasteiger partial charge < -0.3 is 10.2 Å². The van der Waals surface area contributed by atoms with Gasteiger partial charge in [0, 0.05) is 24.7 Å². The average molecular weight is 354 g/mol. The highest BCUT2D eigenvalue weighted by molar-refractivity contribution is 5.92. The molecular weight excluding hydrogens is 331 g/mol. The van der Waals surface area contributed by atoms with Crippen molar-refractivity contribution in [3.63, 3.8) is 0 Å². The molecular formula is C21H23FN2O2. The van der Waals surface area contributed by atoms with Crippen molar-refractivity contribution >= 4 is 17.5 Å². The maximum atomic E-state index is 12.9. The first-order valence-corrected chi connectivity index (χ1v) is 8.91. The highest BCUT2D eigenvalue weighted by Crippen LogP contribution is 2.21. The molecule has 1 aliphatic rings. The number of piperidine rings is 1. The van der Waals surface area contributed by atoms with Gasteiger partial charge in [-0.2, -0.15) is 0 Å². The Bertz CT molecular complexity index is 781.